The van der Waals surface area contributed by atoms with Crippen LogP contribution in [0.25, 0.3) is 0 Å². The zero-order chi connectivity index (χ0) is 22.0. The van der Waals surface area contributed by atoms with Gasteiger partial charge in [0.15, 0.2) is 0 Å². The number of nitrogens with one attached hydrogen (secondary N) is 1. The first-order valence-corrected chi connectivity index (χ1v) is 12.8. The molecule has 1 amide bonds. The number of aryl methyl sites for hydroxylation is 1. The molecular formula is C23H21ClN2O3S2. The fourth-order valence-electron chi connectivity index (χ4n) is 3.61. The predicted molar refractivity (Wildman–Crippen MR) is 127 cm³/mol. The van der Waals surface area contributed by atoms with Crippen molar-refractivity contribution in [2.45, 2.75) is 22.6 Å². The number of sulfonamides is 1. The Morgan fingerprint density at radius 3 is 2.68 bits per heavy atom. The van der Waals surface area contributed by atoms with E-state index >= 15 is 0 Å². The highest BCUT2D eigenvalue weighted by molar-refractivity contribution is 7.98. The van der Waals surface area contributed by atoms with Crippen LogP contribution in [0.15, 0.2) is 76.5 Å². The Labute approximate surface area is 191 Å². The quantitative estimate of drug-likeness (QED) is 0.501. The average Bonchev–Trinajstić information content (AvgIpc) is 2.78. The number of rotatable bonds is 5. The van der Waals surface area contributed by atoms with E-state index in [0.717, 1.165) is 23.3 Å². The summed E-state index contributed by atoms with van der Waals surface area (Å²) in [6.45, 7) is 0.394. The molecule has 1 heterocycles. The highest BCUT2D eigenvalue weighted by Crippen LogP contribution is 2.33. The van der Waals surface area contributed by atoms with Crippen LogP contribution >= 0.6 is 23.4 Å². The van der Waals surface area contributed by atoms with E-state index in [0.29, 0.717) is 17.9 Å². The molecule has 1 aliphatic rings. The molecule has 4 rings (SSSR count). The van der Waals surface area contributed by atoms with Gasteiger partial charge < -0.3 is 5.32 Å². The molecule has 0 unspecified atom stereocenters. The van der Waals surface area contributed by atoms with E-state index in [9.17, 15) is 13.2 Å². The number of carbonyl (C=O) groups excluding carboxylic acids is 1. The van der Waals surface area contributed by atoms with E-state index in [4.69, 9.17) is 11.6 Å². The molecule has 3 aromatic carbocycles. The normalized spacial score (nSPS) is 13.5. The van der Waals surface area contributed by atoms with Gasteiger partial charge in [0.05, 0.1) is 21.2 Å². The molecule has 5 nitrogen and oxygen atoms in total. The van der Waals surface area contributed by atoms with Crippen LogP contribution in [0.3, 0.4) is 0 Å². The van der Waals surface area contributed by atoms with Crippen molar-refractivity contribution in [1.29, 1.82) is 0 Å². The van der Waals surface area contributed by atoms with Crippen LogP contribution < -0.4 is 9.62 Å². The van der Waals surface area contributed by atoms with Gasteiger partial charge in [0.2, 0.25) is 0 Å². The van der Waals surface area contributed by atoms with Crippen molar-refractivity contribution in [3.05, 3.63) is 82.9 Å². The summed E-state index contributed by atoms with van der Waals surface area (Å²) in [5, 5.41) is 2.99. The summed E-state index contributed by atoms with van der Waals surface area (Å²) in [4.78, 5) is 13.9. The van der Waals surface area contributed by atoms with E-state index in [-0.39, 0.29) is 15.5 Å². The van der Waals surface area contributed by atoms with Gasteiger partial charge >= 0.3 is 0 Å². The van der Waals surface area contributed by atoms with Gasteiger partial charge in [0.1, 0.15) is 0 Å². The predicted octanol–water partition coefficient (Wildman–Crippen LogP) is 5.46. The first kappa shape index (κ1) is 21.7. The summed E-state index contributed by atoms with van der Waals surface area (Å²) in [7, 11) is -3.84. The summed E-state index contributed by atoms with van der Waals surface area (Å²) in [6.07, 6.45) is 3.53. The lowest BCUT2D eigenvalue weighted by Crippen LogP contribution is -2.35. The van der Waals surface area contributed by atoms with Gasteiger partial charge in [0.25, 0.3) is 15.9 Å². The van der Waals surface area contributed by atoms with E-state index < -0.39 is 15.9 Å². The minimum atomic E-state index is -3.84. The monoisotopic (exact) mass is 472 g/mol. The molecule has 0 spiro atoms. The first-order valence-electron chi connectivity index (χ1n) is 9.76. The Morgan fingerprint density at radius 1 is 1.06 bits per heavy atom. The molecule has 160 valence electrons. The number of nitrogens with zero attached hydrogens (tertiary/aromatic N) is 1. The Balaban J connectivity index is 1.67. The molecule has 0 fully saturated rings. The summed E-state index contributed by atoms with van der Waals surface area (Å²) in [6, 6.07) is 19.2. The number of para-hydroxylation sites is 1. The third kappa shape index (κ3) is 4.44. The Hall–Kier alpha value is -2.48. The topological polar surface area (TPSA) is 66.5 Å². The van der Waals surface area contributed by atoms with Gasteiger partial charge in [-0.3, -0.25) is 9.10 Å². The van der Waals surface area contributed by atoms with Gasteiger partial charge in [-0.2, -0.15) is 0 Å². The molecule has 0 saturated heterocycles. The fourth-order valence-corrected chi connectivity index (χ4v) is 5.84. The maximum Gasteiger partial charge on any atom is 0.264 e. The number of thioether (sulfide) groups is 1. The maximum absolute atomic E-state index is 13.4. The Kier molecular flexibility index (Phi) is 6.27. The van der Waals surface area contributed by atoms with Crippen LogP contribution in [0.4, 0.5) is 11.4 Å². The molecule has 1 aliphatic heterocycles. The summed E-state index contributed by atoms with van der Waals surface area (Å²) < 4.78 is 28.3. The second-order valence-corrected chi connectivity index (χ2v) is 10.3. The SMILES string of the molecule is CSc1cccc(NC(=O)c2cc(S(=O)(=O)N3CCCc4ccccc43)ccc2Cl)c1. The lowest BCUT2D eigenvalue weighted by Gasteiger charge is -2.30. The highest BCUT2D eigenvalue weighted by atomic mass is 35.5. The van der Waals surface area contributed by atoms with Crippen LogP contribution in [0.1, 0.15) is 22.3 Å². The largest absolute Gasteiger partial charge is 0.322 e. The van der Waals surface area contributed by atoms with Crippen LogP contribution in [-0.4, -0.2) is 27.1 Å². The Morgan fingerprint density at radius 2 is 1.87 bits per heavy atom. The number of carbonyl (C=O) groups is 1. The third-order valence-electron chi connectivity index (χ3n) is 5.17. The number of anilines is 2. The molecular weight excluding hydrogens is 452 g/mol. The van der Waals surface area contributed by atoms with Crippen molar-refractivity contribution < 1.29 is 13.2 Å². The molecule has 0 atom stereocenters. The van der Waals surface area contributed by atoms with Crippen molar-refractivity contribution in [2.75, 3.05) is 22.4 Å². The van der Waals surface area contributed by atoms with Crippen molar-refractivity contribution in [3.63, 3.8) is 0 Å². The minimum absolute atomic E-state index is 0.0385. The van der Waals surface area contributed by atoms with Gasteiger partial charge in [-0.05, 0) is 67.1 Å². The smallest absolute Gasteiger partial charge is 0.264 e. The highest BCUT2D eigenvalue weighted by Gasteiger charge is 2.30. The van der Waals surface area contributed by atoms with Crippen molar-refractivity contribution >= 4 is 50.7 Å². The van der Waals surface area contributed by atoms with Gasteiger partial charge in [-0.1, -0.05) is 35.9 Å². The van der Waals surface area contributed by atoms with Gasteiger partial charge in [-0.25, -0.2) is 8.42 Å². The lowest BCUT2D eigenvalue weighted by molar-refractivity contribution is 0.102. The second kappa shape index (κ2) is 8.94. The van der Waals surface area contributed by atoms with Crippen molar-refractivity contribution in [2.24, 2.45) is 0 Å². The number of fused-ring (bicyclic) bond motifs is 1. The molecule has 0 aromatic heterocycles. The average molecular weight is 473 g/mol. The molecule has 0 bridgehead atoms. The second-order valence-electron chi connectivity index (χ2n) is 7.14. The summed E-state index contributed by atoms with van der Waals surface area (Å²) in [5.41, 5.74) is 2.41. The number of hydrogen-bond acceptors (Lipinski definition) is 4. The van der Waals surface area contributed by atoms with Crippen LogP contribution in [0, 0.1) is 0 Å². The van der Waals surface area contributed by atoms with Gasteiger partial charge in [-0.15, -0.1) is 11.8 Å². The number of amides is 1. The molecule has 3 aromatic rings. The summed E-state index contributed by atoms with van der Waals surface area (Å²) >= 11 is 7.82. The molecule has 8 heteroatoms. The standard InChI is InChI=1S/C23H21ClN2O3S2/c1-30-18-9-4-8-17(14-18)25-23(27)20-15-19(11-12-21(20)24)31(28,29)26-13-5-7-16-6-2-3-10-22(16)26/h2-4,6,8-12,14-15H,5,7,13H2,1H3,(H,25,27). The van der Waals surface area contributed by atoms with E-state index in [2.05, 4.69) is 5.32 Å². The van der Waals surface area contributed by atoms with Crippen LogP contribution in [0.2, 0.25) is 5.02 Å². The minimum Gasteiger partial charge on any atom is -0.322 e. The van der Waals surface area contributed by atoms with Crippen LogP contribution in [-0.2, 0) is 16.4 Å². The maximum atomic E-state index is 13.4. The zero-order valence-electron chi connectivity index (χ0n) is 16.8. The zero-order valence-corrected chi connectivity index (χ0v) is 19.2. The van der Waals surface area contributed by atoms with E-state index in [1.54, 1.807) is 17.8 Å². The number of halogens is 1. The summed E-state index contributed by atoms with van der Waals surface area (Å²) in [5.74, 6) is -0.459. The van der Waals surface area contributed by atoms with Crippen molar-refractivity contribution in [3.8, 4) is 0 Å². The van der Waals surface area contributed by atoms with Crippen molar-refractivity contribution in [1.82, 2.24) is 0 Å². The molecule has 0 radical (unpaired) electrons. The molecule has 0 saturated carbocycles. The fraction of sp³-hybridized carbons (Fsp3) is 0.174. The van der Waals surface area contributed by atoms with Crippen LogP contribution in [0.5, 0.6) is 0 Å². The number of hydrogen-bond donors (Lipinski definition) is 1. The van der Waals surface area contributed by atoms with E-state index in [1.807, 2.05) is 48.7 Å². The number of benzene rings is 3. The molecule has 0 aliphatic carbocycles. The van der Waals surface area contributed by atoms with Gasteiger partial charge in [0, 0.05) is 17.1 Å². The first-order chi connectivity index (χ1) is 14.9. The Bertz CT molecular complexity index is 1250. The molecule has 31 heavy (non-hydrogen) atoms. The van der Waals surface area contributed by atoms with E-state index in [1.165, 1.54) is 22.5 Å². The lowest BCUT2D eigenvalue weighted by atomic mass is 10.0. The molecule has 1 N–H and O–H groups in total. The third-order valence-corrected chi connectivity index (χ3v) is 8.03.